The van der Waals surface area contributed by atoms with Gasteiger partial charge in [0.25, 0.3) is 5.91 Å². The highest BCUT2D eigenvalue weighted by Crippen LogP contribution is 2.20. The van der Waals surface area contributed by atoms with Crippen molar-refractivity contribution in [1.82, 2.24) is 4.90 Å². The van der Waals surface area contributed by atoms with Gasteiger partial charge in [-0.15, -0.1) is 0 Å². The lowest BCUT2D eigenvalue weighted by Gasteiger charge is -2.32. The highest BCUT2D eigenvalue weighted by atomic mass is 16.6. The Hall–Kier alpha value is -3.15. The van der Waals surface area contributed by atoms with E-state index in [1.807, 2.05) is 42.5 Å². The number of hydrogen-bond acceptors (Lipinski definition) is 4. The van der Waals surface area contributed by atoms with E-state index in [-0.39, 0.29) is 17.7 Å². The lowest BCUT2D eigenvalue weighted by molar-refractivity contribution is -0.121. The zero-order valence-electron chi connectivity index (χ0n) is 15.3. The number of carbonyl (C=O) groups excluding carboxylic acids is 2. The number of carbonyl (C=O) groups is 2. The van der Waals surface area contributed by atoms with E-state index in [1.165, 1.54) is 7.11 Å². The molecule has 1 aliphatic heterocycles. The second-order valence-corrected chi connectivity index (χ2v) is 6.48. The first kappa shape index (κ1) is 18.6. The maximum Gasteiger partial charge on any atom is 0.253 e. The third kappa shape index (κ3) is 4.94. The number of para-hydroxylation sites is 1. The fraction of sp³-hybridized carbons (Fsp3) is 0.286. The Balaban J connectivity index is 1.62. The summed E-state index contributed by atoms with van der Waals surface area (Å²) in [5.74, 6) is -0.289. The molecule has 1 fully saturated rings. The molecule has 1 saturated heterocycles. The monoisotopic (exact) mass is 365 g/mol. The first-order chi connectivity index (χ1) is 13.2. The van der Waals surface area contributed by atoms with Crippen molar-refractivity contribution >= 4 is 23.7 Å². The number of hydrogen-bond donors (Lipinski definition) is 1. The summed E-state index contributed by atoms with van der Waals surface area (Å²) in [5.41, 5.74) is 2.24. The van der Waals surface area contributed by atoms with E-state index in [2.05, 4.69) is 15.3 Å². The van der Waals surface area contributed by atoms with E-state index in [9.17, 15) is 9.59 Å². The number of oxime groups is 1. The molecule has 0 aromatic heterocycles. The lowest BCUT2D eigenvalue weighted by atomic mass is 9.96. The zero-order valence-corrected chi connectivity index (χ0v) is 15.3. The molecule has 1 aliphatic rings. The van der Waals surface area contributed by atoms with Crippen LogP contribution in [0.2, 0.25) is 0 Å². The maximum absolute atomic E-state index is 12.8. The Morgan fingerprint density at radius 1 is 1.15 bits per heavy atom. The van der Waals surface area contributed by atoms with E-state index in [0.717, 1.165) is 24.1 Å². The lowest BCUT2D eigenvalue weighted by Crippen LogP contribution is -2.43. The fourth-order valence-electron chi connectivity index (χ4n) is 3.15. The summed E-state index contributed by atoms with van der Waals surface area (Å²) < 4.78 is 0. The molecule has 2 aromatic carbocycles. The molecule has 0 aliphatic carbocycles. The molecule has 3 rings (SSSR count). The molecule has 6 heteroatoms. The summed E-state index contributed by atoms with van der Waals surface area (Å²) in [4.78, 5) is 31.7. The van der Waals surface area contributed by atoms with Gasteiger partial charge in [0.15, 0.2) is 0 Å². The van der Waals surface area contributed by atoms with E-state index in [0.29, 0.717) is 18.7 Å². The minimum atomic E-state index is -0.198. The highest BCUT2D eigenvalue weighted by molar-refractivity contribution is 5.96. The molecule has 1 atom stereocenters. The van der Waals surface area contributed by atoms with Crippen LogP contribution < -0.4 is 5.32 Å². The molecule has 6 nitrogen and oxygen atoms in total. The standard InChI is InChI=1S/C21H23N3O3/c1-27-22-14-16-9-11-17(12-10-16)21(26)24-13-5-6-18(15-24)20(25)23-19-7-3-2-4-8-19/h2-4,7-12,14,18H,5-6,13,15H2,1H3,(H,23,25)/b22-14+. The van der Waals surface area contributed by atoms with Crippen molar-refractivity contribution in [3.05, 3.63) is 65.7 Å². The minimum Gasteiger partial charge on any atom is -0.399 e. The summed E-state index contributed by atoms with van der Waals surface area (Å²) in [6.45, 7) is 1.10. The molecule has 1 N–H and O–H groups in total. The molecule has 140 valence electrons. The molecule has 0 saturated carbocycles. The number of nitrogens with one attached hydrogen (secondary N) is 1. The first-order valence-electron chi connectivity index (χ1n) is 8.99. The summed E-state index contributed by atoms with van der Waals surface area (Å²) in [5, 5.41) is 6.64. The van der Waals surface area contributed by atoms with Crippen molar-refractivity contribution in [2.24, 2.45) is 11.1 Å². The Morgan fingerprint density at radius 2 is 1.89 bits per heavy atom. The molecule has 1 heterocycles. The van der Waals surface area contributed by atoms with Gasteiger partial charge in [0.05, 0.1) is 12.1 Å². The molecule has 0 spiro atoms. The predicted molar refractivity (Wildman–Crippen MR) is 105 cm³/mol. The van der Waals surface area contributed by atoms with Crippen LogP contribution in [0, 0.1) is 5.92 Å². The van der Waals surface area contributed by atoms with Gasteiger partial charge in [-0.3, -0.25) is 9.59 Å². The Bertz CT molecular complexity index is 803. The average molecular weight is 365 g/mol. The van der Waals surface area contributed by atoms with Crippen molar-refractivity contribution in [3.8, 4) is 0 Å². The van der Waals surface area contributed by atoms with Gasteiger partial charge < -0.3 is 15.1 Å². The van der Waals surface area contributed by atoms with E-state index < -0.39 is 0 Å². The first-order valence-corrected chi connectivity index (χ1v) is 8.99. The molecule has 27 heavy (non-hydrogen) atoms. The summed E-state index contributed by atoms with van der Waals surface area (Å²) in [7, 11) is 1.48. The summed E-state index contributed by atoms with van der Waals surface area (Å²) in [6, 6.07) is 16.6. The maximum atomic E-state index is 12.8. The van der Waals surface area contributed by atoms with E-state index in [1.54, 1.807) is 23.2 Å². The van der Waals surface area contributed by atoms with Crippen LogP contribution in [0.5, 0.6) is 0 Å². The predicted octanol–water partition coefficient (Wildman–Crippen LogP) is 3.16. The topological polar surface area (TPSA) is 71.0 Å². The van der Waals surface area contributed by atoms with E-state index in [4.69, 9.17) is 0 Å². The summed E-state index contributed by atoms with van der Waals surface area (Å²) in [6.07, 6.45) is 3.19. The number of nitrogens with zero attached hydrogens (tertiary/aromatic N) is 2. The molecule has 1 unspecified atom stereocenters. The number of anilines is 1. The normalized spacial score (nSPS) is 16.9. The number of likely N-dealkylation sites (tertiary alicyclic amines) is 1. The van der Waals surface area contributed by atoms with Crippen LogP contribution in [-0.2, 0) is 9.63 Å². The number of benzene rings is 2. The van der Waals surface area contributed by atoms with Crippen LogP contribution in [0.3, 0.4) is 0 Å². The average Bonchev–Trinajstić information content (AvgIpc) is 2.73. The second kappa shape index (κ2) is 8.98. The fourth-order valence-corrected chi connectivity index (χ4v) is 3.15. The largest absolute Gasteiger partial charge is 0.399 e. The molecule has 2 amide bonds. The van der Waals surface area contributed by atoms with Crippen molar-refractivity contribution in [2.45, 2.75) is 12.8 Å². The Labute approximate surface area is 158 Å². The van der Waals surface area contributed by atoms with Gasteiger partial charge >= 0.3 is 0 Å². The van der Waals surface area contributed by atoms with E-state index >= 15 is 0 Å². The minimum absolute atomic E-state index is 0.0372. The number of rotatable bonds is 5. The molecule has 2 aromatic rings. The Kier molecular flexibility index (Phi) is 6.20. The van der Waals surface area contributed by atoms with Gasteiger partial charge in [0.2, 0.25) is 5.91 Å². The highest BCUT2D eigenvalue weighted by Gasteiger charge is 2.29. The smallest absolute Gasteiger partial charge is 0.253 e. The van der Waals surface area contributed by atoms with Crippen molar-refractivity contribution in [2.75, 3.05) is 25.5 Å². The van der Waals surface area contributed by atoms with Crippen LogP contribution in [-0.4, -0.2) is 43.1 Å². The number of piperidine rings is 1. The Morgan fingerprint density at radius 3 is 2.59 bits per heavy atom. The number of amides is 2. The molecular weight excluding hydrogens is 342 g/mol. The SMILES string of the molecule is CO/N=C/c1ccc(C(=O)N2CCCC(C(=O)Nc3ccccc3)C2)cc1. The van der Waals surface area contributed by atoms with Crippen LogP contribution >= 0.6 is 0 Å². The second-order valence-electron chi connectivity index (χ2n) is 6.48. The van der Waals surface area contributed by atoms with Crippen LogP contribution in [0.25, 0.3) is 0 Å². The van der Waals surface area contributed by atoms with Gasteiger partial charge in [-0.2, -0.15) is 0 Å². The van der Waals surface area contributed by atoms with Crippen LogP contribution in [0.1, 0.15) is 28.8 Å². The quantitative estimate of drug-likeness (QED) is 0.653. The van der Waals surface area contributed by atoms with Crippen molar-refractivity contribution in [1.29, 1.82) is 0 Å². The molecule has 0 bridgehead atoms. The van der Waals surface area contributed by atoms with Crippen molar-refractivity contribution < 1.29 is 14.4 Å². The van der Waals surface area contributed by atoms with Gasteiger partial charge in [0.1, 0.15) is 7.11 Å². The van der Waals surface area contributed by atoms with Crippen LogP contribution in [0.15, 0.2) is 59.8 Å². The molecular formula is C21H23N3O3. The zero-order chi connectivity index (χ0) is 19.1. The summed E-state index contributed by atoms with van der Waals surface area (Å²) >= 11 is 0. The van der Waals surface area contributed by atoms with Gasteiger partial charge in [0, 0.05) is 24.3 Å². The third-order valence-corrected chi connectivity index (χ3v) is 4.59. The third-order valence-electron chi connectivity index (χ3n) is 4.59. The van der Waals surface area contributed by atoms with Crippen LogP contribution in [0.4, 0.5) is 5.69 Å². The van der Waals surface area contributed by atoms with Gasteiger partial charge in [-0.25, -0.2) is 0 Å². The van der Waals surface area contributed by atoms with Crippen molar-refractivity contribution in [3.63, 3.8) is 0 Å². The van der Waals surface area contributed by atoms with Gasteiger partial charge in [-0.1, -0.05) is 35.5 Å². The molecule has 0 radical (unpaired) electrons. The van der Waals surface area contributed by atoms with Gasteiger partial charge in [-0.05, 0) is 42.7 Å².